The van der Waals surface area contributed by atoms with Crippen LogP contribution in [0.5, 0.6) is 0 Å². The summed E-state index contributed by atoms with van der Waals surface area (Å²) >= 11 is 0. The lowest BCUT2D eigenvalue weighted by atomic mass is 10.2. The number of carbonyl (C=O) groups is 1. The van der Waals surface area contributed by atoms with Crippen LogP contribution < -0.4 is 5.73 Å². The van der Waals surface area contributed by atoms with E-state index in [4.69, 9.17) is 10.5 Å². The fraction of sp³-hybridized carbons (Fsp3) is 0.727. The molecule has 1 fully saturated rings. The molecule has 1 saturated carbocycles. The van der Waals surface area contributed by atoms with Crippen LogP contribution in [0.2, 0.25) is 0 Å². The number of hydrogen-bond donors (Lipinski definition) is 1. The number of rotatable bonds is 7. The van der Waals surface area contributed by atoms with Crippen molar-refractivity contribution in [2.45, 2.75) is 31.4 Å². The smallest absolute Gasteiger partial charge is 0.225 e. The first kappa shape index (κ1) is 12.2. The summed E-state index contributed by atoms with van der Waals surface area (Å²) in [6.07, 6.45) is 4.20. The van der Waals surface area contributed by atoms with Gasteiger partial charge >= 0.3 is 0 Å². The van der Waals surface area contributed by atoms with Gasteiger partial charge in [-0.15, -0.1) is 6.58 Å². The average molecular weight is 212 g/mol. The minimum atomic E-state index is -0.163. The van der Waals surface area contributed by atoms with Crippen molar-refractivity contribution in [1.29, 1.82) is 0 Å². The molecule has 1 aliphatic rings. The van der Waals surface area contributed by atoms with Crippen molar-refractivity contribution in [3.8, 4) is 0 Å². The van der Waals surface area contributed by atoms with Crippen molar-refractivity contribution in [2.75, 3.05) is 20.2 Å². The van der Waals surface area contributed by atoms with Gasteiger partial charge in [-0.3, -0.25) is 4.79 Å². The highest BCUT2D eigenvalue weighted by Crippen LogP contribution is 2.27. The normalized spacial score (nSPS) is 17.2. The molecule has 2 N–H and O–H groups in total. The van der Waals surface area contributed by atoms with Crippen LogP contribution in [0, 0.1) is 0 Å². The third-order valence-corrected chi connectivity index (χ3v) is 2.63. The highest BCUT2D eigenvalue weighted by atomic mass is 16.5. The highest BCUT2D eigenvalue weighted by Gasteiger charge is 2.32. The Morgan fingerprint density at radius 1 is 1.73 bits per heavy atom. The Kier molecular flexibility index (Phi) is 4.78. The van der Waals surface area contributed by atoms with Crippen molar-refractivity contribution in [2.24, 2.45) is 5.73 Å². The van der Waals surface area contributed by atoms with Gasteiger partial charge in [0, 0.05) is 26.2 Å². The van der Waals surface area contributed by atoms with E-state index >= 15 is 0 Å². The molecule has 1 atom stereocenters. The zero-order valence-electron chi connectivity index (χ0n) is 9.32. The molecule has 1 rings (SSSR count). The second-order valence-corrected chi connectivity index (χ2v) is 3.86. The standard InChI is InChI=1S/C11H20N2O2/c1-3-6-13(9-4-5-9)11(14)7-10(8-12)15-2/h3,9-10H,1,4-8,12H2,2H3. The zero-order valence-corrected chi connectivity index (χ0v) is 9.32. The molecule has 0 aromatic heterocycles. The number of carbonyl (C=O) groups excluding carboxylic acids is 1. The molecule has 0 aromatic carbocycles. The van der Waals surface area contributed by atoms with E-state index in [2.05, 4.69) is 6.58 Å². The second kappa shape index (κ2) is 5.88. The van der Waals surface area contributed by atoms with Crippen molar-refractivity contribution < 1.29 is 9.53 Å². The van der Waals surface area contributed by atoms with Crippen LogP contribution in [0.4, 0.5) is 0 Å². The summed E-state index contributed by atoms with van der Waals surface area (Å²) in [6.45, 7) is 4.68. The van der Waals surface area contributed by atoms with E-state index < -0.39 is 0 Å². The van der Waals surface area contributed by atoms with Crippen LogP contribution in [0.15, 0.2) is 12.7 Å². The SMILES string of the molecule is C=CCN(C(=O)CC(CN)OC)C1CC1. The quantitative estimate of drug-likeness (QED) is 0.626. The predicted octanol–water partition coefficient (Wildman–Crippen LogP) is 0.527. The van der Waals surface area contributed by atoms with E-state index in [9.17, 15) is 4.79 Å². The third kappa shape index (κ3) is 3.64. The Hall–Kier alpha value is -0.870. The van der Waals surface area contributed by atoms with Crippen LogP contribution in [-0.4, -0.2) is 43.2 Å². The van der Waals surface area contributed by atoms with Crippen LogP contribution >= 0.6 is 0 Å². The van der Waals surface area contributed by atoms with E-state index in [1.807, 2.05) is 4.90 Å². The summed E-state index contributed by atoms with van der Waals surface area (Å²) in [5.41, 5.74) is 5.48. The molecule has 0 aromatic rings. The molecule has 0 spiro atoms. The van der Waals surface area contributed by atoms with E-state index in [0.717, 1.165) is 12.8 Å². The number of ether oxygens (including phenoxy) is 1. The number of hydrogen-bond acceptors (Lipinski definition) is 3. The minimum absolute atomic E-state index is 0.120. The van der Waals surface area contributed by atoms with Crippen molar-refractivity contribution in [1.82, 2.24) is 4.90 Å². The Morgan fingerprint density at radius 3 is 2.80 bits per heavy atom. The van der Waals surface area contributed by atoms with Crippen molar-refractivity contribution >= 4 is 5.91 Å². The molecule has 1 unspecified atom stereocenters. The molecule has 15 heavy (non-hydrogen) atoms. The molecular weight excluding hydrogens is 192 g/mol. The summed E-state index contributed by atoms with van der Waals surface area (Å²) < 4.78 is 5.10. The Labute approximate surface area is 91.1 Å². The maximum Gasteiger partial charge on any atom is 0.225 e. The molecule has 0 bridgehead atoms. The van der Waals surface area contributed by atoms with Crippen LogP contribution in [-0.2, 0) is 9.53 Å². The van der Waals surface area contributed by atoms with Gasteiger partial charge in [0.1, 0.15) is 0 Å². The lowest BCUT2D eigenvalue weighted by Gasteiger charge is -2.22. The Balaban J connectivity index is 2.44. The molecule has 0 radical (unpaired) electrons. The number of amides is 1. The van der Waals surface area contributed by atoms with Gasteiger partial charge in [0.25, 0.3) is 0 Å². The summed E-state index contributed by atoms with van der Waals surface area (Å²) in [5.74, 6) is 0.120. The fourth-order valence-electron chi connectivity index (χ4n) is 1.55. The molecule has 4 nitrogen and oxygen atoms in total. The molecule has 1 aliphatic carbocycles. The monoisotopic (exact) mass is 212 g/mol. The molecule has 0 heterocycles. The maximum absolute atomic E-state index is 11.9. The maximum atomic E-state index is 11.9. The van der Waals surface area contributed by atoms with E-state index in [-0.39, 0.29) is 12.0 Å². The van der Waals surface area contributed by atoms with Gasteiger partial charge in [-0.05, 0) is 12.8 Å². The first-order chi connectivity index (χ1) is 7.22. The van der Waals surface area contributed by atoms with Gasteiger partial charge in [-0.2, -0.15) is 0 Å². The Morgan fingerprint density at radius 2 is 2.40 bits per heavy atom. The highest BCUT2D eigenvalue weighted by molar-refractivity contribution is 5.77. The summed E-state index contributed by atoms with van der Waals surface area (Å²) in [5, 5.41) is 0. The molecular formula is C11H20N2O2. The van der Waals surface area contributed by atoms with Gasteiger partial charge in [-0.25, -0.2) is 0 Å². The van der Waals surface area contributed by atoms with Crippen LogP contribution in [0.25, 0.3) is 0 Å². The van der Waals surface area contributed by atoms with Crippen molar-refractivity contribution in [3.63, 3.8) is 0 Å². The van der Waals surface area contributed by atoms with Crippen LogP contribution in [0.3, 0.4) is 0 Å². The summed E-state index contributed by atoms with van der Waals surface area (Å²) in [6, 6.07) is 0.422. The van der Waals surface area contributed by atoms with E-state index in [1.54, 1.807) is 13.2 Å². The Bertz CT molecular complexity index is 223. The van der Waals surface area contributed by atoms with Crippen molar-refractivity contribution in [3.05, 3.63) is 12.7 Å². The first-order valence-corrected chi connectivity index (χ1v) is 5.36. The van der Waals surface area contributed by atoms with Gasteiger partial charge < -0.3 is 15.4 Å². The molecule has 0 aliphatic heterocycles. The fourth-order valence-corrected chi connectivity index (χ4v) is 1.55. The van der Waals surface area contributed by atoms with Gasteiger partial charge in [0.15, 0.2) is 0 Å². The molecule has 1 amide bonds. The lowest BCUT2D eigenvalue weighted by Crippen LogP contribution is -2.37. The van der Waals surface area contributed by atoms with E-state index in [1.165, 1.54) is 0 Å². The zero-order chi connectivity index (χ0) is 11.3. The summed E-state index contributed by atoms with van der Waals surface area (Å²) in [7, 11) is 1.58. The third-order valence-electron chi connectivity index (χ3n) is 2.63. The predicted molar refractivity (Wildman–Crippen MR) is 59.4 cm³/mol. The van der Waals surface area contributed by atoms with Gasteiger partial charge in [-0.1, -0.05) is 6.08 Å². The van der Waals surface area contributed by atoms with Crippen LogP contribution in [0.1, 0.15) is 19.3 Å². The largest absolute Gasteiger partial charge is 0.380 e. The molecule has 86 valence electrons. The summed E-state index contributed by atoms with van der Waals surface area (Å²) in [4.78, 5) is 13.8. The minimum Gasteiger partial charge on any atom is -0.380 e. The first-order valence-electron chi connectivity index (χ1n) is 5.36. The number of methoxy groups -OCH3 is 1. The van der Waals surface area contributed by atoms with E-state index in [0.29, 0.717) is 25.6 Å². The average Bonchev–Trinajstić information content (AvgIpc) is 3.06. The number of nitrogens with two attached hydrogens (primary N) is 1. The lowest BCUT2D eigenvalue weighted by molar-refractivity contribution is -0.133. The topological polar surface area (TPSA) is 55.6 Å². The number of nitrogens with zero attached hydrogens (tertiary/aromatic N) is 1. The van der Waals surface area contributed by atoms with Gasteiger partial charge in [0.2, 0.25) is 5.91 Å². The second-order valence-electron chi connectivity index (χ2n) is 3.86. The molecule has 0 saturated heterocycles. The van der Waals surface area contributed by atoms with Gasteiger partial charge in [0.05, 0.1) is 12.5 Å². The molecule has 4 heteroatoms.